The zero-order chi connectivity index (χ0) is 12.1. The quantitative estimate of drug-likeness (QED) is 0.774. The van der Waals surface area contributed by atoms with Gasteiger partial charge in [-0.3, -0.25) is 0 Å². The highest BCUT2D eigenvalue weighted by molar-refractivity contribution is 4.81. The lowest BCUT2D eigenvalue weighted by Crippen LogP contribution is -2.40. The number of hydrogen-bond acceptors (Lipinski definition) is 3. The van der Waals surface area contributed by atoms with Crippen molar-refractivity contribution in [3.05, 3.63) is 0 Å². The van der Waals surface area contributed by atoms with Gasteiger partial charge in [0.25, 0.3) is 0 Å². The Morgan fingerprint density at radius 3 is 2.82 bits per heavy atom. The van der Waals surface area contributed by atoms with Crippen molar-refractivity contribution in [2.45, 2.75) is 70.1 Å². The molecule has 3 heteroatoms. The minimum atomic E-state index is -0.0377. The van der Waals surface area contributed by atoms with E-state index in [1.54, 1.807) is 0 Å². The summed E-state index contributed by atoms with van der Waals surface area (Å²) < 4.78 is 5.76. The van der Waals surface area contributed by atoms with Crippen LogP contribution in [0.5, 0.6) is 0 Å². The molecular weight excluding hydrogens is 214 g/mol. The largest absolute Gasteiger partial charge is 0.393 e. The lowest BCUT2D eigenvalue weighted by molar-refractivity contribution is -0.00372. The van der Waals surface area contributed by atoms with Crippen LogP contribution in [0.15, 0.2) is 0 Å². The molecule has 1 aliphatic heterocycles. The average molecular weight is 241 g/mol. The molecular formula is C14H27NO2. The van der Waals surface area contributed by atoms with E-state index in [-0.39, 0.29) is 6.10 Å². The van der Waals surface area contributed by atoms with E-state index in [1.165, 1.54) is 25.7 Å². The Morgan fingerprint density at radius 2 is 2.12 bits per heavy atom. The Balaban J connectivity index is 1.64. The number of rotatable bonds is 5. The summed E-state index contributed by atoms with van der Waals surface area (Å²) in [6.07, 6.45) is 8.35. The molecule has 4 atom stereocenters. The summed E-state index contributed by atoms with van der Waals surface area (Å²) in [5.74, 6) is 0.692. The molecule has 0 aromatic carbocycles. The molecule has 0 spiro atoms. The molecule has 2 N–H and O–H groups in total. The van der Waals surface area contributed by atoms with E-state index in [9.17, 15) is 5.11 Å². The van der Waals surface area contributed by atoms with E-state index in [4.69, 9.17) is 4.74 Å². The maximum absolute atomic E-state index is 9.50. The molecule has 1 saturated heterocycles. The summed E-state index contributed by atoms with van der Waals surface area (Å²) >= 11 is 0. The maximum atomic E-state index is 9.50. The smallest absolute Gasteiger partial charge is 0.0589 e. The van der Waals surface area contributed by atoms with Gasteiger partial charge in [-0.1, -0.05) is 13.3 Å². The summed E-state index contributed by atoms with van der Waals surface area (Å²) in [5, 5.41) is 13.2. The van der Waals surface area contributed by atoms with Gasteiger partial charge in [0.05, 0.1) is 12.2 Å². The second kappa shape index (κ2) is 6.72. The zero-order valence-electron chi connectivity index (χ0n) is 11.0. The van der Waals surface area contributed by atoms with Crippen LogP contribution >= 0.6 is 0 Å². The van der Waals surface area contributed by atoms with Crippen LogP contribution in [0, 0.1) is 5.92 Å². The van der Waals surface area contributed by atoms with Crippen LogP contribution in [0.2, 0.25) is 0 Å². The standard InChI is InChI=1S/C14H27NO2/c1-2-3-14-9-12(6-7-17-14)15-10-11-4-5-13(16)8-11/h11-16H,2-10H2,1H3. The molecule has 0 aromatic rings. The average Bonchev–Trinajstić information content (AvgIpc) is 2.74. The summed E-state index contributed by atoms with van der Waals surface area (Å²) in [6.45, 7) is 4.22. The van der Waals surface area contributed by atoms with Crippen molar-refractivity contribution in [1.82, 2.24) is 5.32 Å². The fourth-order valence-corrected chi connectivity index (χ4v) is 3.16. The van der Waals surface area contributed by atoms with Crippen molar-refractivity contribution in [3.63, 3.8) is 0 Å². The molecule has 1 aliphatic carbocycles. The first-order chi connectivity index (χ1) is 8.28. The Bertz CT molecular complexity index is 220. The van der Waals surface area contributed by atoms with Gasteiger partial charge in [0.15, 0.2) is 0 Å². The summed E-state index contributed by atoms with van der Waals surface area (Å²) in [6, 6.07) is 0.637. The van der Waals surface area contributed by atoms with Gasteiger partial charge in [0.2, 0.25) is 0 Å². The molecule has 1 saturated carbocycles. The van der Waals surface area contributed by atoms with Crippen LogP contribution in [-0.2, 0) is 4.74 Å². The maximum Gasteiger partial charge on any atom is 0.0589 e. The van der Waals surface area contributed by atoms with Gasteiger partial charge in [-0.25, -0.2) is 0 Å². The monoisotopic (exact) mass is 241 g/mol. The van der Waals surface area contributed by atoms with E-state index in [1.807, 2.05) is 0 Å². The fourth-order valence-electron chi connectivity index (χ4n) is 3.16. The highest BCUT2D eigenvalue weighted by Crippen LogP contribution is 2.25. The molecule has 2 aliphatic rings. The lowest BCUT2D eigenvalue weighted by Gasteiger charge is -2.31. The van der Waals surface area contributed by atoms with Gasteiger partial charge < -0.3 is 15.2 Å². The minimum Gasteiger partial charge on any atom is -0.393 e. The van der Waals surface area contributed by atoms with Gasteiger partial charge >= 0.3 is 0 Å². The van der Waals surface area contributed by atoms with E-state index in [0.717, 1.165) is 32.4 Å². The third-order valence-corrected chi connectivity index (χ3v) is 4.19. The second-order valence-electron chi connectivity index (χ2n) is 5.74. The molecule has 17 heavy (non-hydrogen) atoms. The molecule has 2 fully saturated rings. The number of nitrogens with one attached hydrogen (secondary N) is 1. The van der Waals surface area contributed by atoms with Crippen molar-refractivity contribution < 1.29 is 9.84 Å². The highest BCUT2D eigenvalue weighted by atomic mass is 16.5. The van der Waals surface area contributed by atoms with Gasteiger partial charge in [-0.15, -0.1) is 0 Å². The third kappa shape index (κ3) is 4.23. The highest BCUT2D eigenvalue weighted by Gasteiger charge is 2.25. The van der Waals surface area contributed by atoms with Gasteiger partial charge in [0, 0.05) is 12.6 Å². The number of ether oxygens (including phenoxy) is 1. The molecule has 0 amide bonds. The predicted molar refractivity (Wildman–Crippen MR) is 69.0 cm³/mol. The Hall–Kier alpha value is -0.120. The molecule has 4 unspecified atom stereocenters. The number of aliphatic hydroxyl groups is 1. The first kappa shape index (κ1) is 13.3. The number of hydrogen-bond donors (Lipinski definition) is 2. The first-order valence-corrected chi connectivity index (χ1v) is 7.31. The zero-order valence-corrected chi connectivity index (χ0v) is 11.0. The summed E-state index contributed by atoms with van der Waals surface area (Å²) in [5.41, 5.74) is 0. The minimum absolute atomic E-state index is 0.0377. The molecule has 3 nitrogen and oxygen atoms in total. The van der Waals surface area contributed by atoms with E-state index in [2.05, 4.69) is 12.2 Å². The molecule has 2 rings (SSSR count). The van der Waals surface area contributed by atoms with Crippen molar-refractivity contribution in [2.24, 2.45) is 5.92 Å². The van der Waals surface area contributed by atoms with E-state index in [0.29, 0.717) is 18.1 Å². The second-order valence-corrected chi connectivity index (χ2v) is 5.74. The van der Waals surface area contributed by atoms with Crippen molar-refractivity contribution in [1.29, 1.82) is 0 Å². The van der Waals surface area contributed by atoms with Crippen LogP contribution < -0.4 is 5.32 Å². The van der Waals surface area contributed by atoms with Gasteiger partial charge in [-0.05, 0) is 51.0 Å². The topological polar surface area (TPSA) is 41.5 Å². The van der Waals surface area contributed by atoms with E-state index < -0.39 is 0 Å². The molecule has 100 valence electrons. The Morgan fingerprint density at radius 1 is 1.24 bits per heavy atom. The van der Waals surface area contributed by atoms with Gasteiger partial charge in [-0.2, -0.15) is 0 Å². The predicted octanol–water partition coefficient (Wildman–Crippen LogP) is 2.08. The first-order valence-electron chi connectivity index (χ1n) is 7.31. The van der Waals surface area contributed by atoms with Crippen LogP contribution in [0.1, 0.15) is 51.9 Å². The third-order valence-electron chi connectivity index (χ3n) is 4.19. The normalized spacial score (nSPS) is 38.5. The summed E-state index contributed by atoms with van der Waals surface area (Å²) in [7, 11) is 0. The lowest BCUT2D eigenvalue weighted by atomic mass is 9.99. The molecule has 0 aromatic heterocycles. The van der Waals surface area contributed by atoms with Crippen molar-refractivity contribution in [3.8, 4) is 0 Å². The Labute approximate surface area is 105 Å². The van der Waals surface area contributed by atoms with Gasteiger partial charge in [0.1, 0.15) is 0 Å². The Kier molecular flexibility index (Phi) is 5.26. The molecule has 0 bridgehead atoms. The fraction of sp³-hybridized carbons (Fsp3) is 1.00. The van der Waals surface area contributed by atoms with Crippen LogP contribution in [0.25, 0.3) is 0 Å². The number of aliphatic hydroxyl groups excluding tert-OH is 1. The SMILES string of the molecule is CCCC1CC(NCC2CCC(O)C2)CCO1. The molecule has 1 heterocycles. The summed E-state index contributed by atoms with van der Waals surface area (Å²) in [4.78, 5) is 0. The van der Waals surface area contributed by atoms with Crippen LogP contribution in [0.3, 0.4) is 0 Å². The molecule has 0 radical (unpaired) electrons. The van der Waals surface area contributed by atoms with E-state index >= 15 is 0 Å². The van der Waals surface area contributed by atoms with Crippen molar-refractivity contribution >= 4 is 0 Å². The van der Waals surface area contributed by atoms with Crippen LogP contribution in [0.4, 0.5) is 0 Å². The van der Waals surface area contributed by atoms with Crippen molar-refractivity contribution in [2.75, 3.05) is 13.2 Å². The van der Waals surface area contributed by atoms with Crippen LogP contribution in [-0.4, -0.2) is 36.5 Å².